The van der Waals surface area contributed by atoms with Gasteiger partial charge in [-0.15, -0.1) is 5.10 Å². The molecule has 1 N–H and O–H groups in total. The van der Waals surface area contributed by atoms with Crippen LogP contribution in [-0.4, -0.2) is 20.5 Å². The zero-order chi connectivity index (χ0) is 14.8. The summed E-state index contributed by atoms with van der Waals surface area (Å²) in [6.45, 7) is 5.92. The summed E-state index contributed by atoms with van der Waals surface area (Å²) in [5.41, 5.74) is 0.851. The summed E-state index contributed by atoms with van der Waals surface area (Å²) in [6.07, 6.45) is 1.41. The first-order valence-corrected chi connectivity index (χ1v) is 6.69. The van der Waals surface area contributed by atoms with Crippen LogP contribution >= 0.6 is 11.5 Å². The lowest BCUT2D eigenvalue weighted by atomic mass is 9.91. The average Bonchev–Trinajstić information content (AvgIpc) is 2.89. The lowest BCUT2D eigenvalue weighted by molar-refractivity contribution is 0.102. The molecule has 0 spiro atoms. The Labute approximate surface area is 120 Å². The number of amides is 1. The topological polar surface area (TPSA) is 91.6 Å². The largest absolute Gasteiger partial charge is 0.306 e. The molecule has 102 valence electrons. The molecule has 2 heterocycles. The van der Waals surface area contributed by atoms with Gasteiger partial charge in [-0.3, -0.25) is 4.79 Å². The molecular weight excluding hydrogens is 274 g/mol. The van der Waals surface area contributed by atoms with E-state index >= 15 is 0 Å². The monoisotopic (exact) mass is 287 g/mol. The summed E-state index contributed by atoms with van der Waals surface area (Å²) >= 11 is 1.06. The SMILES string of the molecule is CC(C)(C)c1nnsc1C(=O)Nc1ccc(C#N)cn1. The van der Waals surface area contributed by atoms with Gasteiger partial charge < -0.3 is 5.32 Å². The van der Waals surface area contributed by atoms with E-state index in [-0.39, 0.29) is 11.3 Å². The Morgan fingerprint density at radius 3 is 2.70 bits per heavy atom. The van der Waals surface area contributed by atoms with Gasteiger partial charge in [0.1, 0.15) is 16.8 Å². The van der Waals surface area contributed by atoms with E-state index in [2.05, 4.69) is 19.9 Å². The summed E-state index contributed by atoms with van der Waals surface area (Å²) in [6, 6.07) is 5.15. The van der Waals surface area contributed by atoms with Crippen molar-refractivity contribution in [3.8, 4) is 6.07 Å². The molecule has 0 aliphatic carbocycles. The molecule has 0 radical (unpaired) electrons. The predicted octanol–water partition coefficient (Wildman–Crippen LogP) is 2.35. The molecular formula is C13H13N5OS. The van der Waals surface area contributed by atoms with Gasteiger partial charge in [0.2, 0.25) is 0 Å². The summed E-state index contributed by atoms with van der Waals surface area (Å²) in [4.78, 5) is 16.7. The third-order valence-electron chi connectivity index (χ3n) is 2.54. The van der Waals surface area contributed by atoms with Gasteiger partial charge in [0.05, 0.1) is 11.3 Å². The second kappa shape index (κ2) is 5.35. The molecule has 0 unspecified atom stereocenters. The van der Waals surface area contributed by atoms with Crippen molar-refractivity contribution in [1.29, 1.82) is 5.26 Å². The number of carbonyl (C=O) groups excluding carboxylic acids is 1. The summed E-state index contributed by atoms with van der Waals surface area (Å²) in [5, 5.41) is 15.4. The highest BCUT2D eigenvalue weighted by Crippen LogP contribution is 2.26. The maximum Gasteiger partial charge on any atom is 0.270 e. The highest BCUT2D eigenvalue weighted by molar-refractivity contribution is 7.08. The zero-order valence-electron chi connectivity index (χ0n) is 11.3. The molecule has 0 bridgehead atoms. The number of carbonyl (C=O) groups is 1. The van der Waals surface area contributed by atoms with Crippen LogP contribution in [0.3, 0.4) is 0 Å². The third kappa shape index (κ3) is 2.97. The maximum absolute atomic E-state index is 12.2. The van der Waals surface area contributed by atoms with Crippen LogP contribution in [-0.2, 0) is 5.41 Å². The van der Waals surface area contributed by atoms with Gasteiger partial charge in [0, 0.05) is 11.6 Å². The fourth-order valence-corrected chi connectivity index (χ4v) is 2.31. The van der Waals surface area contributed by atoms with Crippen molar-refractivity contribution in [2.24, 2.45) is 0 Å². The van der Waals surface area contributed by atoms with E-state index < -0.39 is 0 Å². The van der Waals surface area contributed by atoms with E-state index in [1.165, 1.54) is 6.20 Å². The molecule has 2 rings (SSSR count). The molecule has 2 aromatic heterocycles. The average molecular weight is 287 g/mol. The van der Waals surface area contributed by atoms with Gasteiger partial charge in [0.15, 0.2) is 0 Å². The van der Waals surface area contributed by atoms with Crippen molar-refractivity contribution in [3.63, 3.8) is 0 Å². The third-order valence-corrected chi connectivity index (χ3v) is 3.26. The Morgan fingerprint density at radius 1 is 1.40 bits per heavy atom. The number of pyridine rings is 1. The first kappa shape index (κ1) is 14.1. The Morgan fingerprint density at radius 2 is 2.15 bits per heavy atom. The van der Waals surface area contributed by atoms with Crippen molar-refractivity contribution in [3.05, 3.63) is 34.5 Å². The number of nitriles is 1. The predicted molar refractivity (Wildman–Crippen MR) is 75.5 cm³/mol. The minimum absolute atomic E-state index is 0.252. The minimum atomic E-state index is -0.290. The Balaban J connectivity index is 2.20. The van der Waals surface area contributed by atoms with Crippen LogP contribution in [0.1, 0.15) is 41.7 Å². The molecule has 0 aromatic carbocycles. The summed E-state index contributed by atoms with van der Waals surface area (Å²) in [7, 11) is 0. The second-order valence-corrected chi connectivity index (χ2v) is 5.95. The zero-order valence-corrected chi connectivity index (χ0v) is 12.2. The van der Waals surface area contributed by atoms with Crippen LogP contribution in [0.15, 0.2) is 18.3 Å². The van der Waals surface area contributed by atoms with Crippen LogP contribution in [0.4, 0.5) is 5.82 Å². The fourth-order valence-electron chi connectivity index (χ4n) is 1.54. The highest BCUT2D eigenvalue weighted by atomic mass is 32.1. The number of hydrogen-bond acceptors (Lipinski definition) is 6. The molecule has 0 saturated carbocycles. The molecule has 1 amide bonds. The number of rotatable bonds is 2. The molecule has 0 atom stereocenters. The Hall–Kier alpha value is -2.33. The van der Waals surface area contributed by atoms with Crippen LogP contribution < -0.4 is 5.32 Å². The smallest absolute Gasteiger partial charge is 0.270 e. The summed E-state index contributed by atoms with van der Waals surface area (Å²) < 4.78 is 3.85. The van der Waals surface area contributed by atoms with E-state index in [0.29, 0.717) is 22.0 Å². The van der Waals surface area contributed by atoms with Gasteiger partial charge in [0.25, 0.3) is 5.91 Å². The van der Waals surface area contributed by atoms with Crippen molar-refractivity contribution in [2.75, 3.05) is 5.32 Å². The molecule has 0 aliphatic heterocycles. The van der Waals surface area contributed by atoms with Crippen LogP contribution in [0.2, 0.25) is 0 Å². The molecule has 0 aliphatic rings. The number of anilines is 1. The lowest BCUT2D eigenvalue weighted by Crippen LogP contribution is -2.20. The standard InChI is InChI=1S/C13H13N5OS/c1-13(2,3)11-10(20-18-17-11)12(19)16-9-5-4-8(6-14)7-15-9/h4-5,7H,1-3H3,(H,15,16,19). The molecule has 20 heavy (non-hydrogen) atoms. The number of aromatic nitrogens is 3. The Kier molecular flexibility index (Phi) is 3.77. The maximum atomic E-state index is 12.2. The number of hydrogen-bond donors (Lipinski definition) is 1. The van der Waals surface area contributed by atoms with E-state index in [0.717, 1.165) is 11.5 Å². The van der Waals surface area contributed by atoms with Crippen molar-refractivity contribution in [2.45, 2.75) is 26.2 Å². The Bertz CT molecular complexity index is 663. The normalized spacial score (nSPS) is 10.9. The molecule has 0 saturated heterocycles. The number of nitrogens with zero attached hydrogens (tertiary/aromatic N) is 4. The van der Waals surface area contributed by atoms with E-state index in [1.807, 2.05) is 26.8 Å². The first-order valence-electron chi connectivity index (χ1n) is 5.92. The lowest BCUT2D eigenvalue weighted by Gasteiger charge is -2.16. The molecule has 6 nitrogen and oxygen atoms in total. The van der Waals surface area contributed by atoms with Gasteiger partial charge in [-0.1, -0.05) is 25.3 Å². The van der Waals surface area contributed by atoms with Crippen molar-refractivity contribution >= 4 is 23.3 Å². The van der Waals surface area contributed by atoms with Gasteiger partial charge in [-0.25, -0.2) is 4.98 Å². The fraction of sp³-hybridized carbons (Fsp3) is 0.308. The van der Waals surface area contributed by atoms with Gasteiger partial charge >= 0.3 is 0 Å². The van der Waals surface area contributed by atoms with E-state index in [4.69, 9.17) is 5.26 Å². The summed E-state index contributed by atoms with van der Waals surface area (Å²) in [5.74, 6) is 0.101. The van der Waals surface area contributed by atoms with Gasteiger partial charge in [-0.2, -0.15) is 5.26 Å². The first-order chi connectivity index (χ1) is 9.41. The van der Waals surface area contributed by atoms with Crippen LogP contribution in [0.25, 0.3) is 0 Å². The van der Waals surface area contributed by atoms with Crippen LogP contribution in [0, 0.1) is 11.3 Å². The minimum Gasteiger partial charge on any atom is -0.306 e. The van der Waals surface area contributed by atoms with Crippen LogP contribution in [0.5, 0.6) is 0 Å². The second-order valence-electron chi connectivity index (χ2n) is 5.20. The number of nitrogens with one attached hydrogen (secondary N) is 1. The molecule has 0 fully saturated rings. The van der Waals surface area contributed by atoms with Crippen molar-refractivity contribution < 1.29 is 4.79 Å². The van der Waals surface area contributed by atoms with E-state index in [9.17, 15) is 4.79 Å². The van der Waals surface area contributed by atoms with Crippen molar-refractivity contribution in [1.82, 2.24) is 14.6 Å². The van der Waals surface area contributed by atoms with E-state index in [1.54, 1.807) is 12.1 Å². The highest BCUT2D eigenvalue weighted by Gasteiger charge is 2.26. The molecule has 2 aromatic rings. The van der Waals surface area contributed by atoms with Gasteiger partial charge in [-0.05, 0) is 23.7 Å². The quantitative estimate of drug-likeness (QED) is 0.915. The molecule has 7 heteroatoms.